The number of hydrogen-bond donors (Lipinski definition) is 0. The zero-order chi connectivity index (χ0) is 21.4. The van der Waals surface area contributed by atoms with Crippen LogP contribution in [0.2, 0.25) is 5.02 Å². The summed E-state index contributed by atoms with van der Waals surface area (Å²) in [5.74, 6) is 0.122. The molecule has 5 rings (SSSR count). The van der Waals surface area contributed by atoms with E-state index in [2.05, 4.69) is 28.0 Å². The molecule has 0 bridgehead atoms. The van der Waals surface area contributed by atoms with E-state index in [9.17, 15) is 4.79 Å². The molecule has 1 amide bonds. The van der Waals surface area contributed by atoms with Crippen LogP contribution >= 0.6 is 23.4 Å². The van der Waals surface area contributed by atoms with E-state index in [0.29, 0.717) is 0 Å². The molecule has 6 heteroatoms. The molecular formula is C25H24ClN3OS. The molecule has 2 heterocycles. The van der Waals surface area contributed by atoms with Crippen molar-refractivity contribution < 1.29 is 4.79 Å². The van der Waals surface area contributed by atoms with E-state index in [0.717, 1.165) is 58.1 Å². The Kier molecular flexibility index (Phi) is 5.65. The summed E-state index contributed by atoms with van der Waals surface area (Å²) in [4.78, 5) is 22.5. The lowest BCUT2D eigenvalue weighted by Crippen LogP contribution is -2.54. The minimum absolute atomic E-state index is 0.122. The highest BCUT2D eigenvalue weighted by atomic mass is 35.5. The summed E-state index contributed by atoms with van der Waals surface area (Å²) < 4.78 is 0. The molecule has 158 valence electrons. The molecular weight excluding hydrogens is 426 g/mol. The molecule has 2 aliphatic rings. The summed E-state index contributed by atoms with van der Waals surface area (Å²) >= 11 is 7.89. The lowest BCUT2D eigenvalue weighted by Gasteiger charge is -2.40. The van der Waals surface area contributed by atoms with E-state index in [-0.39, 0.29) is 11.9 Å². The van der Waals surface area contributed by atoms with Gasteiger partial charge in [-0.25, -0.2) is 0 Å². The van der Waals surface area contributed by atoms with Crippen LogP contribution in [-0.2, 0) is 4.79 Å². The summed E-state index contributed by atoms with van der Waals surface area (Å²) in [6.07, 6.45) is 0. The van der Waals surface area contributed by atoms with E-state index in [1.165, 1.54) is 0 Å². The van der Waals surface area contributed by atoms with Crippen molar-refractivity contribution in [2.75, 3.05) is 36.0 Å². The first-order chi connectivity index (χ1) is 15.1. The van der Waals surface area contributed by atoms with Gasteiger partial charge in [-0.3, -0.25) is 14.6 Å². The second-order valence-electron chi connectivity index (χ2n) is 7.89. The number of carbonyl (C=O) groups excluding carboxylic acids is 1. The topological polar surface area (TPSA) is 26.8 Å². The molecule has 0 aromatic heterocycles. The Morgan fingerprint density at radius 3 is 2.10 bits per heavy atom. The molecule has 3 aromatic carbocycles. The number of anilines is 3. The summed E-state index contributed by atoms with van der Waals surface area (Å²) in [5.41, 5.74) is 3.09. The van der Waals surface area contributed by atoms with Crippen molar-refractivity contribution in [2.24, 2.45) is 0 Å². The number of piperazine rings is 1. The van der Waals surface area contributed by atoms with Gasteiger partial charge in [0.1, 0.15) is 0 Å². The number of rotatable bonds is 3. The maximum atomic E-state index is 13.8. The number of para-hydroxylation sites is 2. The minimum atomic E-state index is -0.203. The van der Waals surface area contributed by atoms with E-state index in [4.69, 9.17) is 11.6 Å². The molecule has 4 nitrogen and oxygen atoms in total. The third-order valence-corrected chi connectivity index (χ3v) is 7.41. The highest BCUT2D eigenvalue weighted by Gasteiger charge is 2.34. The molecule has 1 fully saturated rings. The fraction of sp³-hybridized carbons (Fsp3) is 0.240. The van der Waals surface area contributed by atoms with Gasteiger partial charge in [-0.2, -0.15) is 0 Å². The fourth-order valence-electron chi connectivity index (χ4n) is 4.33. The number of carbonyl (C=O) groups is 1. The van der Waals surface area contributed by atoms with Gasteiger partial charge in [0.2, 0.25) is 5.91 Å². The summed E-state index contributed by atoms with van der Waals surface area (Å²) in [6.45, 7) is 5.46. The predicted molar refractivity (Wildman–Crippen MR) is 129 cm³/mol. The fourth-order valence-corrected chi connectivity index (χ4v) is 5.57. The zero-order valence-electron chi connectivity index (χ0n) is 17.4. The SMILES string of the molecule is C[C@H](C(=O)N1c2ccccc2Sc2ccccc21)N1CCN(c2cccc(Cl)c2)CC1. The van der Waals surface area contributed by atoms with Crippen LogP contribution in [0.25, 0.3) is 0 Å². The van der Waals surface area contributed by atoms with Crippen molar-refractivity contribution in [1.82, 2.24) is 4.90 Å². The number of amides is 1. The van der Waals surface area contributed by atoms with E-state index in [1.807, 2.05) is 66.4 Å². The summed E-state index contributed by atoms with van der Waals surface area (Å²) in [7, 11) is 0. The molecule has 0 spiro atoms. The van der Waals surface area contributed by atoms with Gasteiger partial charge in [0.15, 0.2) is 0 Å². The normalized spacial score (nSPS) is 17.1. The maximum absolute atomic E-state index is 13.8. The van der Waals surface area contributed by atoms with Crippen LogP contribution in [-0.4, -0.2) is 43.0 Å². The van der Waals surface area contributed by atoms with Crippen molar-refractivity contribution in [1.29, 1.82) is 0 Å². The Balaban J connectivity index is 1.35. The monoisotopic (exact) mass is 449 g/mol. The first-order valence-electron chi connectivity index (χ1n) is 10.6. The van der Waals surface area contributed by atoms with E-state index >= 15 is 0 Å². The third-order valence-electron chi connectivity index (χ3n) is 6.05. The molecule has 0 aliphatic carbocycles. The van der Waals surface area contributed by atoms with Crippen molar-refractivity contribution >= 4 is 46.3 Å². The second kappa shape index (κ2) is 8.58. The van der Waals surface area contributed by atoms with Crippen molar-refractivity contribution in [3.63, 3.8) is 0 Å². The minimum Gasteiger partial charge on any atom is -0.369 e. The maximum Gasteiger partial charge on any atom is 0.248 e. The van der Waals surface area contributed by atoms with Crippen molar-refractivity contribution in [3.05, 3.63) is 77.8 Å². The molecule has 0 N–H and O–H groups in total. The Morgan fingerprint density at radius 1 is 0.871 bits per heavy atom. The Labute approximate surface area is 192 Å². The average molecular weight is 450 g/mol. The zero-order valence-corrected chi connectivity index (χ0v) is 18.9. The van der Waals surface area contributed by atoms with Crippen LogP contribution < -0.4 is 9.80 Å². The Morgan fingerprint density at radius 2 is 1.48 bits per heavy atom. The Hall–Kier alpha value is -2.47. The summed E-state index contributed by atoms with van der Waals surface area (Å²) in [5, 5.41) is 0.753. The first-order valence-corrected chi connectivity index (χ1v) is 11.8. The predicted octanol–water partition coefficient (Wildman–Crippen LogP) is 5.68. The number of fused-ring (bicyclic) bond motifs is 2. The van der Waals surface area contributed by atoms with Crippen LogP contribution in [0, 0.1) is 0 Å². The number of hydrogen-bond acceptors (Lipinski definition) is 4. The van der Waals surface area contributed by atoms with Gasteiger partial charge in [-0.15, -0.1) is 0 Å². The van der Waals surface area contributed by atoms with Crippen LogP contribution in [0.15, 0.2) is 82.6 Å². The van der Waals surface area contributed by atoms with Gasteiger partial charge in [0, 0.05) is 46.7 Å². The van der Waals surface area contributed by atoms with Gasteiger partial charge < -0.3 is 4.90 Å². The van der Waals surface area contributed by atoms with Crippen LogP contribution in [0.1, 0.15) is 6.92 Å². The molecule has 1 atom stereocenters. The lowest BCUT2D eigenvalue weighted by atomic mass is 10.1. The van der Waals surface area contributed by atoms with Gasteiger partial charge in [0.05, 0.1) is 17.4 Å². The number of benzene rings is 3. The molecule has 0 unspecified atom stereocenters. The number of nitrogens with zero attached hydrogens (tertiary/aromatic N) is 3. The van der Waals surface area contributed by atoms with Crippen molar-refractivity contribution in [2.45, 2.75) is 22.8 Å². The van der Waals surface area contributed by atoms with Gasteiger partial charge in [-0.1, -0.05) is 53.7 Å². The standard InChI is InChI=1S/C25H24ClN3OS/c1-18(27-13-15-28(16-14-27)20-8-6-7-19(26)17-20)25(30)29-21-9-2-4-11-23(21)31-24-12-5-3-10-22(24)29/h2-12,17-18H,13-16H2,1H3/t18-/m1/s1. The molecule has 0 radical (unpaired) electrons. The third kappa shape index (κ3) is 3.93. The van der Waals surface area contributed by atoms with Crippen molar-refractivity contribution in [3.8, 4) is 0 Å². The quantitative estimate of drug-likeness (QED) is 0.514. The van der Waals surface area contributed by atoms with Crippen LogP contribution in [0.4, 0.5) is 17.1 Å². The van der Waals surface area contributed by atoms with Gasteiger partial charge >= 0.3 is 0 Å². The largest absolute Gasteiger partial charge is 0.369 e. The molecule has 31 heavy (non-hydrogen) atoms. The number of halogens is 1. The molecule has 1 saturated heterocycles. The average Bonchev–Trinajstić information content (AvgIpc) is 2.81. The molecule has 2 aliphatic heterocycles. The van der Waals surface area contributed by atoms with E-state index < -0.39 is 0 Å². The smallest absolute Gasteiger partial charge is 0.248 e. The lowest BCUT2D eigenvalue weighted by molar-refractivity contribution is -0.122. The first kappa shape index (κ1) is 20.4. The highest BCUT2D eigenvalue weighted by molar-refractivity contribution is 7.99. The highest BCUT2D eigenvalue weighted by Crippen LogP contribution is 2.48. The van der Waals surface area contributed by atoms with Crippen LogP contribution in [0.5, 0.6) is 0 Å². The molecule has 3 aromatic rings. The Bertz CT molecular complexity index is 1070. The van der Waals surface area contributed by atoms with E-state index in [1.54, 1.807) is 11.8 Å². The van der Waals surface area contributed by atoms with Gasteiger partial charge in [0.25, 0.3) is 0 Å². The second-order valence-corrected chi connectivity index (χ2v) is 9.41. The molecule has 0 saturated carbocycles. The van der Waals surface area contributed by atoms with Crippen LogP contribution in [0.3, 0.4) is 0 Å². The summed E-state index contributed by atoms with van der Waals surface area (Å²) in [6, 6.07) is 24.1. The van der Waals surface area contributed by atoms with Gasteiger partial charge in [-0.05, 0) is 49.4 Å².